The summed E-state index contributed by atoms with van der Waals surface area (Å²) in [4.78, 5) is 21.6. The lowest BCUT2D eigenvalue weighted by Crippen LogP contribution is -2.14. The molecule has 0 saturated carbocycles. The SMILES string of the molecule is Cc1cc(Oc2ncccc2C#N)ccc1NC(=O)c1cccnc1SCc1c(C)noc1C. The molecule has 0 spiro atoms. The van der Waals surface area contributed by atoms with Crippen molar-refractivity contribution < 1.29 is 14.1 Å². The van der Waals surface area contributed by atoms with Gasteiger partial charge in [-0.25, -0.2) is 9.97 Å². The van der Waals surface area contributed by atoms with E-state index >= 15 is 0 Å². The normalized spacial score (nSPS) is 10.5. The summed E-state index contributed by atoms with van der Waals surface area (Å²) in [5.41, 5.74) is 4.10. The van der Waals surface area contributed by atoms with Crippen molar-refractivity contribution in [2.45, 2.75) is 31.6 Å². The minimum atomic E-state index is -0.261. The molecule has 0 aliphatic rings. The van der Waals surface area contributed by atoms with Crippen LogP contribution in [0.1, 0.15) is 38.5 Å². The fourth-order valence-electron chi connectivity index (χ4n) is 3.23. The minimum Gasteiger partial charge on any atom is -0.438 e. The topological polar surface area (TPSA) is 114 Å². The van der Waals surface area contributed by atoms with Gasteiger partial charge < -0.3 is 14.6 Å². The lowest BCUT2D eigenvalue weighted by atomic mass is 10.1. The number of nitrogens with zero attached hydrogens (tertiary/aromatic N) is 4. The largest absolute Gasteiger partial charge is 0.438 e. The maximum Gasteiger partial charge on any atom is 0.258 e. The van der Waals surface area contributed by atoms with Crippen molar-refractivity contribution in [2.24, 2.45) is 0 Å². The van der Waals surface area contributed by atoms with Crippen LogP contribution < -0.4 is 10.1 Å². The van der Waals surface area contributed by atoms with Crippen molar-refractivity contribution in [3.63, 3.8) is 0 Å². The summed E-state index contributed by atoms with van der Waals surface area (Å²) in [6.07, 6.45) is 3.23. The summed E-state index contributed by atoms with van der Waals surface area (Å²) in [6, 6.07) is 14.1. The van der Waals surface area contributed by atoms with E-state index in [0.29, 0.717) is 33.3 Å². The number of anilines is 1. The number of nitrogens with one attached hydrogen (secondary N) is 1. The third-order valence-corrected chi connectivity index (χ3v) is 6.13. The Balaban J connectivity index is 1.48. The highest BCUT2D eigenvalue weighted by molar-refractivity contribution is 7.98. The fourth-order valence-corrected chi connectivity index (χ4v) is 4.37. The van der Waals surface area contributed by atoms with Crippen molar-refractivity contribution in [2.75, 3.05) is 5.32 Å². The zero-order chi connectivity index (χ0) is 24.1. The Bertz CT molecular complexity index is 1370. The molecule has 3 heterocycles. The smallest absolute Gasteiger partial charge is 0.258 e. The van der Waals surface area contributed by atoms with Crippen molar-refractivity contribution >= 4 is 23.4 Å². The number of aromatic nitrogens is 3. The van der Waals surface area contributed by atoms with Crippen LogP contribution in [0.15, 0.2) is 64.4 Å². The second-order valence-electron chi connectivity index (χ2n) is 7.45. The Labute approximate surface area is 201 Å². The molecule has 0 atom stereocenters. The Morgan fingerprint density at radius 3 is 2.68 bits per heavy atom. The molecule has 9 heteroatoms. The highest BCUT2D eigenvalue weighted by Crippen LogP contribution is 2.29. The second-order valence-corrected chi connectivity index (χ2v) is 8.41. The molecule has 0 bridgehead atoms. The van der Waals surface area contributed by atoms with E-state index in [4.69, 9.17) is 9.26 Å². The molecular formula is C25H21N5O3S. The molecular weight excluding hydrogens is 450 g/mol. The van der Waals surface area contributed by atoms with Crippen molar-refractivity contribution in [3.8, 4) is 17.7 Å². The van der Waals surface area contributed by atoms with Gasteiger partial charge in [0.15, 0.2) is 0 Å². The Morgan fingerprint density at radius 1 is 1.15 bits per heavy atom. The number of pyridine rings is 2. The van der Waals surface area contributed by atoms with Gasteiger partial charge in [0, 0.05) is 29.4 Å². The highest BCUT2D eigenvalue weighted by Gasteiger charge is 2.17. The van der Waals surface area contributed by atoms with Crippen molar-refractivity contribution in [3.05, 3.63) is 88.6 Å². The molecule has 1 amide bonds. The van der Waals surface area contributed by atoms with E-state index in [1.54, 1.807) is 54.9 Å². The van der Waals surface area contributed by atoms with Gasteiger partial charge in [-0.3, -0.25) is 4.79 Å². The maximum atomic E-state index is 13.1. The van der Waals surface area contributed by atoms with Crippen LogP contribution in [0.4, 0.5) is 5.69 Å². The first-order valence-corrected chi connectivity index (χ1v) is 11.4. The van der Waals surface area contributed by atoms with Gasteiger partial charge in [0.25, 0.3) is 5.91 Å². The van der Waals surface area contributed by atoms with Gasteiger partial charge in [0.2, 0.25) is 5.88 Å². The third kappa shape index (κ3) is 5.08. The average molecular weight is 472 g/mol. The predicted molar refractivity (Wildman–Crippen MR) is 128 cm³/mol. The molecule has 3 aromatic heterocycles. The summed E-state index contributed by atoms with van der Waals surface area (Å²) in [7, 11) is 0. The van der Waals surface area contributed by atoms with Gasteiger partial charge in [0.1, 0.15) is 28.2 Å². The molecule has 170 valence electrons. The Hall–Kier alpha value is -4.16. The Kier molecular flexibility index (Phi) is 6.90. The molecule has 34 heavy (non-hydrogen) atoms. The Morgan fingerprint density at radius 2 is 1.94 bits per heavy atom. The third-order valence-electron chi connectivity index (χ3n) is 5.10. The van der Waals surface area contributed by atoms with Crippen LogP contribution in [0.2, 0.25) is 0 Å². The molecule has 0 aliphatic heterocycles. The molecule has 0 aliphatic carbocycles. The van der Waals surface area contributed by atoms with E-state index in [0.717, 1.165) is 22.6 Å². The standard InChI is InChI=1S/C25H21N5O3S/c1-15-12-19(32-24-18(13-26)6-4-10-27-24)8-9-22(15)29-23(31)20-7-5-11-28-25(20)34-14-21-16(2)30-33-17(21)3/h4-12H,14H2,1-3H3,(H,29,31). The second kappa shape index (κ2) is 10.2. The molecule has 4 rings (SSSR count). The molecule has 0 fully saturated rings. The van der Waals surface area contributed by atoms with Gasteiger partial charge in [-0.05, 0) is 68.8 Å². The molecule has 0 unspecified atom stereocenters. The van der Waals surface area contributed by atoms with Gasteiger partial charge in [-0.1, -0.05) is 5.16 Å². The molecule has 8 nitrogen and oxygen atoms in total. The van der Waals surface area contributed by atoms with Crippen LogP contribution in [0.25, 0.3) is 0 Å². The van der Waals surface area contributed by atoms with Gasteiger partial charge >= 0.3 is 0 Å². The number of ether oxygens (including phenoxy) is 1. The van der Waals surface area contributed by atoms with E-state index in [9.17, 15) is 10.1 Å². The number of rotatable bonds is 7. The van der Waals surface area contributed by atoms with Crippen molar-refractivity contribution in [1.29, 1.82) is 5.26 Å². The monoisotopic (exact) mass is 471 g/mol. The number of carbonyl (C=O) groups is 1. The van der Waals surface area contributed by atoms with Crippen LogP contribution in [-0.4, -0.2) is 21.0 Å². The minimum absolute atomic E-state index is 0.233. The zero-order valence-corrected chi connectivity index (χ0v) is 19.6. The fraction of sp³-hybridized carbons (Fsp3) is 0.160. The zero-order valence-electron chi connectivity index (χ0n) is 18.8. The summed E-state index contributed by atoms with van der Waals surface area (Å²) in [5, 5.41) is 16.8. The van der Waals surface area contributed by atoms with Crippen LogP contribution >= 0.6 is 11.8 Å². The number of nitriles is 1. The first-order valence-electron chi connectivity index (χ1n) is 10.4. The summed E-state index contributed by atoms with van der Waals surface area (Å²) in [5.74, 6) is 1.85. The van der Waals surface area contributed by atoms with Crippen molar-refractivity contribution in [1.82, 2.24) is 15.1 Å². The quantitative estimate of drug-likeness (QED) is 0.347. The average Bonchev–Trinajstić information content (AvgIpc) is 3.17. The molecule has 1 aromatic carbocycles. The lowest BCUT2D eigenvalue weighted by Gasteiger charge is -2.12. The lowest BCUT2D eigenvalue weighted by molar-refractivity contribution is 0.102. The summed E-state index contributed by atoms with van der Waals surface area (Å²) in [6.45, 7) is 5.62. The number of hydrogen-bond acceptors (Lipinski definition) is 8. The summed E-state index contributed by atoms with van der Waals surface area (Å²) >= 11 is 1.46. The number of thioether (sulfide) groups is 1. The molecule has 1 N–H and O–H groups in total. The number of benzene rings is 1. The van der Waals surface area contributed by atoms with Crippen LogP contribution in [0, 0.1) is 32.1 Å². The number of amides is 1. The first kappa shape index (κ1) is 23.0. The van der Waals surface area contributed by atoms with E-state index < -0.39 is 0 Å². The summed E-state index contributed by atoms with van der Waals surface area (Å²) < 4.78 is 11.0. The number of hydrogen-bond donors (Lipinski definition) is 1. The molecule has 0 saturated heterocycles. The van der Waals surface area contributed by atoms with Gasteiger partial charge in [-0.2, -0.15) is 5.26 Å². The first-order chi connectivity index (χ1) is 16.5. The van der Waals surface area contributed by atoms with E-state index in [1.165, 1.54) is 11.8 Å². The maximum absolute atomic E-state index is 13.1. The predicted octanol–water partition coefficient (Wildman–Crippen LogP) is 5.60. The van der Waals surface area contributed by atoms with Crippen LogP contribution in [-0.2, 0) is 5.75 Å². The van der Waals surface area contributed by atoms with Gasteiger partial charge in [-0.15, -0.1) is 11.8 Å². The number of aryl methyl sites for hydroxylation is 3. The number of carbonyl (C=O) groups excluding carboxylic acids is 1. The van der Waals surface area contributed by atoms with E-state index in [2.05, 4.69) is 26.5 Å². The van der Waals surface area contributed by atoms with Crippen LogP contribution in [0.3, 0.4) is 0 Å². The highest BCUT2D eigenvalue weighted by atomic mass is 32.2. The molecule has 0 radical (unpaired) electrons. The molecule has 4 aromatic rings. The van der Waals surface area contributed by atoms with Crippen LogP contribution in [0.5, 0.6) is 11.6 Å². The van der Waals surface area contributed by atoms with E-state index in [-0.39, 0.29) is 11.8 Å². The van der Waals surface area contributed by atoms with Gasteiger partial charge in [0.05, 0.1) is 11.3 Å². The van der Waals surface area contributed by atoms with E-state index in [1.807, 2.05) is 20.8 Å².